The summed E-state index contributed by atoms with van der Waals surface area (Å²) >= 11 is 1.16. The van der Waals surface area contributed by atoms with Crippen LogP contribution in [0.3, 0.4) is 0 Å². The van der Waals surface area contributed by atoms with Crippen LogP contribution in [0.5, 0.6) is 0 Å². The van der Waals surface area contributed by atoms with E-state index in [4.69, 9.17) is 10.5 Å². The Morgan fingerprint density at radius 2 is 1.84 bits per heavy atom. The van der Waals surface area contributed by atoms with Crippen LogP contribution < -0.4 is 5.73 Å². The molecule has 50 heavy (non-hydrogen) atoms. The number of likely N-dealkylation sites (tertiary alicyclic amines) is 1. The molecular weight excluding hydrogens is 679 g/mol. The Labute approximate surface area is 299 Å². The van der Waals surface area contributed by atoms with Crippen LogP contribution in [0.1, 0.15) is 44.5 Å². The number of hydrogen-bond acceptors (Lipinski definition) is 6. The van der Waals surface area contributed by atoms with Crippen molar-refractivity contribution in [3.63, 3.8) is 0 Å². The predicted octanol–water partition coefficient (Wildman–Crippen LogP) is 6.76. The van der Waals surface area contributed by atoms with Crippen LogP contribution in [0.4, 0.5) is 13.6 Å². The highest BCUT2D eigenvalue weighted by Gasteiger charge is 2.40. The zero-order valence-electron chi connectivity index (χ0n) is 29.5. The van der Waals surface area contributed by atoms with Crippen LogP contribution in [-0.2, 0) is 20.9 Å². The summed E-state index contributed by atoms with van der Waals surface area (Å²) in [6.07, 6.45) is 2.13. The number of hydrogen-bond donors (Lipinski definition) is 2. The number of carbonyl (C=O) groups excluding carboxylic acids is 2. The Bertz CT molecular complexity index is 1620. The number of carbonyl (C=O) groups is 3. The molecule has 1 radical (unpaired) electrons. The molecule has 1 aromatic heterocycles. The Morgan fingerprint density at radius 3 is 2.50 bits per heavy atom. The van der Waals surface area contributed by atoms with Gasteiger partial charge < -0.3 is 29.9 Å². The topological polar surface area (TPSA) is 118 Å². The second-order valence-electron chi connectivity index (χ2n) is 14.3. The minimum atomic E-state index is -1.14. The summed E-state index contributed by atoms with van der Waals surface area (Å²) in [5.41, 5.74) is 7.53. The third-order valence-corrected chi connectivity index (χ3v) is 11.0. The first kappa shape index (κ1) is 39.1. The van der Waals surface area contributed by atoms with E-state index >= 15 is 4.39 Å². The molecular formula is C37H49F2N4O5SSi. The number of aromatic nitrogens is 1. The predicted molar refractivity (Wildman–Crippen MR) is 195 cm³/mol. The molecule has 4 rings (SSSR count). The number of carboxylic acids is 1. The molecule has 3 aromatic rings. The molecule has 3 N–H and O–H groups in total. The highest BCUT2D eigenvalue weighted by molar-refractivity contribution is 8.00. The van der Waals surface area contributed by atoms with Crippen molar-refractivity contribution in [3.8, 4) is 11.1 Å². The zero-order valence-corrected chi connectivity index (χ0v) is 31.3. The molecule has 1 unspecified atom stereocenters. The molecule has 2 aromatic carbocycles. The first-order valence-corrected chi connectivity index (χ1v) is 20.8. The van der Waals surface area contributed by atoms with Crippen LogP contribution in [0.2, 0.25) is 19.1 Å². The first-order chi connectivity index (χ1) is 23.6. The number of rotatable bonds is 15. The minimum Gasteiger partial charge on any atom is -0.480 e. The van der Waals surface area contributed by atoms with E-state index in [0.29, 0.717) is 44.8 Å². The van der Waals surface area contributed by atoms with Gasteiger partial charge in [-0.3, -0.25) is 9.59 Å². The lowest BCUT2D eigenvalue weighted by Gasteiger charge is -2.42. The van der Waals surface area contributed by atoms with Gasteiger partial charge in [0.15, 0.2) is 0 Å². The van der Waals surface area contributed by atoms with Crippen molar-refractivity contribution in [3.05, 3.63) is 83.7 Å². The Hall–Kier alpha value is -3.68. The highest BCUT2D eigenvalue weighted by atomic mass is 32.2. The van der Waals surface area contributed by atoms with E-state index in [1.807, 2.05) is 66.6 Å². The van der Waals surface area contributed by atoms with Crippen molar-refractivity contribution < 1.29 is 33.0 Å². The number of aliphatic carboxylic acids is 1. The Balaban J connectivity index is 1.73. The zero-order chi connectivity index (χ0) is 36.6. The fourth-order valence-electron chi connectivity index (χ4n) is 6.25. The SMILES string of the molecule is C[Si](C)CCOC(=O)N1CCC(CN(C(=O)CSC[C@H](N)C(=O)O)[C@@H](c2cc(-c3cc(F)ccc3F)cn2Cc2ccccc2)C(C)(C)C)C1. The van der Waals surface area contributed by atoms with Gasteiger partial charge in [-0.25, -0.2) is 13.6 Å². The van der Waals surface area contributed by atoms with E-state index in [0.717, 1.165) is 41.2 Å². The van der Waals surface area contributed by atoms with E-state index in [1.54, 1.807) is 11.1 Å². The van der Waals surface area contributed by atoms with Gasteiger partial charge in [0.2, 0.25) is 5.91 Å². The molecule has 0 saturated carbocycles. The van der Waals surface area contributed by atoms with Crippen molar-refractivity contribution in [2.75, 3.05) is 37.7 Å². The fourth-order valence-corrected chi connectivity index (χ4v) is 7.61. The molecule has 1 fully saturated rings. The molecule has 0 spiro atoms. The number of halogens is 2. The van der Waals surface area contributed by atoms with Crippen molar-refractivity contribution in [2.45, 2.75) is 65.0 Å². The van der Waals surface area contributed by atoms with Crippen LogP contribution in [0.25, 0.3) is 11.1 Å². The van der Waals surface area contributed by atoms with Gasteiger partial charge in [-0.05, 0) is 53.6 Å². The van der Waals surface area contributed by atoms with Gasteiger partial charge in [0.1, 0.15) is 17.7 Å². The van der Waals surface area contributed by atoms with E-state index in [-0.39, 0.29) is 35.0 Å². The first-order valence-electron chi connectivity index (χ1n) is 16.9. The van der Waals surface area contributed by atoms with Gasteiger partial charge in [-0.15, -0.1) is 11.8 Å². The second-order valence-corrected chi connectivity index (χ2v) is 18.3. The number of thioether (sulfide) groups is 1. The van der Waals surface area contributed by atoms with Crippen LogP contribution in [0.15, 0.2) is 60.8 Å². The van der Waals surface area contributed by atoms with Gasteiger partial charge in [0.05, 0.1) is 18.4 Å². The van der Waals surface area contributed by atoms with E-state index in [9.17, 15) is 23.9 Å². The van der Waals surface area contributed by atoms with Crippen molar-refractivity contribution >= 4 is 38.5 Å². The number of benzene rings is 2. The maximum Gasteiger partial charge on any atom is 0.409 e. The molecule has 1 aliphatic heterocycles. The number of nitrogens with two attached hydrogens (primary N) is 1. The normalized spacial score (nSPS) is 16.0. The van der Waals surface area contributed by atoms with Crippen molar-refractivity contribution in [1.82, 2.24) is 14.4 Å². The monoisotopic (exact) mass is 727 g/mol. The molecule has 1 saturated heterocycles. The van der Waals surface area contributed by atoms with Crippen molar-refractivity contribution in [2.24, 2.45) is 17.1 Å². The number of ether oxygens (including phenoxy) is 1. The van der Waals surface area contributed by atoms with E-state index in [1.165, 1.54) is 6.07 Å². The summed E-state index contributed by atoms with van der Waals surface area (Å²) in [4.78, 5) is 42.1. The number of nitrogens with zero attached hydrogens (tertiary/aromatic N) is 3. The summed E-state index contributed by atoms with van der Waals surface area (Å²) in [6, 6.07) is 14.2. The number of amides is 2. The molecule has 0 aliphatic carbocycles. The van der Waals surface area contributed by atoms with Gasteiger partial charge in [-0.1, -0.05) is 64.2 Å². The summed E-state index contributed by atoms with van der Waals surface area (Å²) < 4.78 is 37.1. The van der Waals surface area contributed by atoms with E-state index < -0.39 is 43.9 Å². The summed E-state index contributed by atoms with van der Waals surface area (Å²) in [5.74, 6) is -2.46. The van der Waals surface area contributed by atoms with Crippen LogP contribution in [-0.4, -0.2) is 90.0 Å². The Kier molecular flexibility index (Phi) is 13.7. The van der Waals surface area contributed by atoms with Crippen molar-refractivity contribution in [1.29, 1.82) is 0 Å². The largest absolute Gasteiger partial charge is 0.480 e. The standard InChI is InChI=1S/C37H49F2N4O5SSi/c1-37(2,3)34(32-17-27(29-18-28(38)11-12-30(29)39)22-42(32)19-25-9-7-6-8-10-25)43(33(44)24-49-23-31(40)35(45)46)21-26-13-14-41(20-26)36(47)48-15-16-50(4)5/h6-12,17-18,22,26,31,34H,13-16,19-21,23-24,40H2,1-5H3,(H,45,46)/t26?,31-,34-/m0/s1. The van der Waals surface area contributed by atoms with Crippen LogP contribution >= 0.6 is 11.8 Å². The molecule has 271 valence electrons. The molecule has 2 heterocycles. The maximum absolute atomic E-state index is 15.2. The minimum absolute atomic E-state index is 0.00509. The quantitative estimate of drug-likeness (QED) is 0.166. The molecule has 13 heteroatoms. The molecule has 9 nitrogen and oxygen atoms in total. The summed E-state index contributed by atoms with van der Waals surface area (Å²) in [6.45, 7) is 12.5. The molecule has 3 atom stereocenters. The lowest BCUT2D eigenvalue weighted by atomic mass is 9.82. The summed E-state index contributed by atoms with van der Waals surface area (Å²) in [7, 11) is -0.523. The average molecular weight is 728 g/mol. The van der Waals surface area contributed by atoms with Gasteiger partial charge in [-0.2, -0.15) is 0 Å². The maximum atomic E-state index is 15.2. The fraction of sp³-hybridized carbons (Fsp3) is 0.486. The third-order valence-electron chi connectivity index (χ3n) is 8.76. The van der Waals surface area contributed by atoms with Gasteiger partial charge in [0.25, 0.3) is 0 Å². The number of carboxylic acid groups (broad SMARTS) is 1. The lowest BCUT2D eigenvalue weighted by Crippen LogP contribution is -2.46. The van der Waals surface area contributed by atoms with Gasteiger partial charge >= 0.3 is 12.1 Å². The van der Waals surface area contributed by atoms with E-state index in [2.05, 4.69) is 13.1 Å². The second kappa shape index (κ2) is 17.5. The third kappa shape index (κ3) is 10.7. The van der Waals surface area contributed by atoms with Crippen LogP contribution in [0, 0.1) is 23.0 Å². The lowest BCUT2D eigenvalue weighted by molar-refractivity contribution is -0.138. The average Bonchev–Trinajstić information content (AvgIpc) is 3.69. The summed E-state index contributed by atoms with van der Waals surface area (Å²) in [5, 5.41) is 9.30. The molecule has 1 aliphatic rings. The Morgan fingerprint density at radius 1 is 1.12 bits per heavy atom. The highest BCUT2D eigenvalue weighted by Crippen LogP contribution is 2.42. The molecule has 0 bridgehead atoms. The molecule has 2 amide bonds. The smallest absolute Gasteiger partial charge is 0.409 e. The van der Waals surface area contributed by atoms with Gasteiger partial charge in [0, 0.05) is 63.7 Å².